The second kappa shape index (κ2) is 7.07. The van der Waals surface area contributed by atoms with Crippen LogP contribution >= 0.6 is 31.9 Å². The van der Waals surface area contributed by atoms with E-state index in [2.05, 4.69) is 62.8 Å². The van der Waals surface area contributed by atoms with Crippen molar-refractivity contribution in [2.24, 2.45) is 5.41 Å². The maximum absolute atomic E-state index is 10.2. The molecule has 1 atom stereocenters. The smallest absolute Gasteiger partial charge is 0.173 e. The zero-order valence-corrected chi connectivity index (χ0v) is 16.7. The summed E-state index contributed by atoms with van der Waals surface area (Å²) in [5.41, 5.74) is 1.19. The topological polar surface area (TPSA) is 44.7 Å². The van der Waals surface area contributed by atoms with Crippen molar-refractivity contribution < 1.29 is 9.84 Å². The molecule has 0 aromatic heterocycles. The lowest BCUT2D eigenvalue weighted by Crippen LogP contribution is -2.48. The number of halogens is 2. The van der Waals surface area contributed by atoms with E-state index in [0.717, 1.165) is 36.2 Å². The molecule has 1 aliphatic heterocycles. The van der Waals surface area contributed by atoms with Crippen LogP contribution in [0.1, 0.15) is 32.4 Å². The molecule has 6 heteroatoms. The van der Waals surface area contributed by atoms with Crippen LogP contribution in [0.3, 0.4) is 0 Å². The maximum atomic E-state index is 10.2. The summed E-state index contributed by atoms with van der Waals surface area (Å²) in [6.07, 6.45) is 0. The predicted octanol–water partition coefficient (Wildman–Crippen LogP) is 3.92. The van der Waals surface area contributed by atoms with Gasteiger partial charge in [0.1, 0.15) is 0 Å². The summed E-state index contributed by atoms with van der Waals surface area (Å²) in [5.74, 6) is 0.626. The number of nitrogens with zero attached hydrogens (tertiary/aromatic N) is 1. The molecule has 22 heavy (non-hydrogen) atoms. The highest BCUT2D eigenvalue weighted by atomic mass is 79.9. The van der Waals surface area contributed by atoms with E-state index >= 15 is 0 Å². The lowest BCUT2D eigenvalue weighted by molar-refractivity contribution is 0.0854. The molecule has 2 rings (SSSR count). The van der Waals surface area contributed by atoms with Crippen LogP contribution in [-0.2, 0) is 0 Å². The third kappa shape index (κ3) is 3.61. The van der Waals surface area contributed by atoms with Gasteiger partial charge >= 0.3 is 0 Å². The standard InChI is InChI=1S/C16H24Br2N2O2/c1-16(2,3)15(20-7-5-19-6-8-20)10-9-11(22-4)14(21)13(18)12(10)17/h9,15,19,21H,5-8H2,1-4H3/t15-/m0/s1. The maximum Gasteiger partial charge on any atom is 0.173 e. The Hall–Kier alpha value is -0.300. The van der Waals surface area contributed by atoms with Crippen molar-refractivity contribution in [1.29, 1.82) is 0 Å². The lowest BCUT2D eigenvalue weighted by Gasteiger charge is -2.43. The number of methoxy groups -OCH3 is 1. The van der Waals surface area contributed by atoms with E-state index < -0.39 is 0 Å². The van der Waals surface area contributed by atoms with Crippen LogP contribution in [0.4, 0.5) is 0 Å². The van der Waals surface area contributed by atoms with Crippen LogP contribution in [0.5, 0.6) is 11.5 Å². The average molecular weight is 436 g/mol. The van der Waals surface area contributed by atoms with Gasteiger partial charge in [0.05, 0.1) is 11.6 Å². The van der Waals surface area contributed by atoms with Gasteiger partial charge in [0.15, 0.2) is 11.5 Å². The Kier molecular flexibility index (Phi) is 5.80. The molecule has 1 aliphatic rings. The minimum absolute atomic E-state index is 0.0568. The number of hydrogen-bond acceptors (Lipinski definition) is 4. The Labute approximate surface area is 149 Å². The number of aromatic hydroxyl groups is 1. The average Bonchev–Trinajstić information content (AvgIpc) is 2.47. The van der Waals surface area contributed by atoms with Crippen molar-refractivity contribution in [3.05, 3.63) is 20.6 Å². The minimum Gasteiger partial charge on any atom is -0.503 e. The molecule has 4 nitrogen and oxygen atoms in total. The molecule has 1 saturated heterocycles. The van der Waals surface area contributed by atoms with Gasteiger partial charge < -0.3 is 15.2 Å². The van der Waals surface area contributed by atoms with Crippen LogP contribution in [-0.4, -0.2) is 43.3 Å². The molecule has 1 heterocycles. The van der Waals surface area contributed by atoms with Gasteiger partial charge in [-0.1, -0.05) is 20.8 Å². The first-order valence-corrected chi connectivity index (χ1v) is 9.05. The first kappa shape index (κ1) is 18.0. The van der Waals surface area contributed by atoms with Gasteiger partial charge in [0, 0.05) is 36.7 Å². The highest BCUT2D eigenvalue weighted by Gasteiger charge is 2.35. The Balaban J connectivity index is 2.54. The third-order valence-electron chi connectivity index (χ3n) is 4.03. The van der Waals surface area contributed by atoms with Gasteiger partial charge in [-0.05, 0) is 48.9 Å². The van der Waals surface area contributed by atoms with E-state index in [1.807, 2.05) is 6.07 Å². The fourth-order valence-electron chi connectivity index (χ4n) is 3.12. The molecule has 0 radical (unpaired) electrons. The summed E-state index contributed by atoms with van der Waals surface area (Å²) in [7, 11) is 1.58. The number of phenolic OH excluding ortho intramolecular Hbond substituents is 1. The van der Waals surface area contributed by atoms with Gasteiger partial charge in [-0.2, -0.15) is 0 Å². The van der Waals surface area contributed by atoms with E-state index in [1.165, 1.54) is 0 Å². The minimum atomic E-state index is 0.0568. The first-order valence-electron chi connectivity index (χ1n) is 7.47. The van der Waals surface area contributed by atoms with Crippen LogP contribution in [0.25, 0.3) is 0 Å². The Bertz CT molecular complexity index is 538. The van der Waals surface area contributed by atoms with Crippen LogP contribution in [0.2, 0.25) is 0 Å². The molecule has 0 bridgehead atoms. The Morgan fingerprint density at radius 1 is 1.23 bits per heavy atom. The van der Waals surface area contributed by atoms with E-state index in [1.54, 1.807) is 7.11 Å². The number of benzene rings is 1. The molecule has 2 N–H and O–H groups in total. The van der Waals surface area contributed by atoms with Crippen LogP contribution in [0.15, 0.2) is 15.0 Å². The van der Waals surface area contributed by atoms with E-state index in [9.17, 15) is 5.11 Å². The molecular weight excluding hydrogens is 412 g/mol. The summed E-state index contributed by atoms with van der Waals surface area (Å²) >= 11 is 7.12. The second-order valence-corrected chi connectivity index (χ2v) is 8.29. The fourth-order valence-corrected chi connectivity index (χ4v) is 4.06. The zero-order valence-electron chi connectivity index (χ0n) is 13.5. The molecule has 0 aliphatic carbocycles. The van der Waals surface area contributed by atoms with Crippen LogP contribution in [0, 0.1) is 5.41 Å². The van der Waals surface area contributed by atoms with Crippen molar-refractivity contribution in [2.45, 2.75) is 26.8 Å². The van der Waals surface area contributed by atoms with E-state index in [-0.39, 0.29) is 17.2 Å². The predicted molar refractivity (Wildman–Crippen MR) is 96.7 cm³/mol. The number of rotatable bonds is 3. The fraction of sp³-hybridized carbons (Fsp3) is 0.625. The SMILES string of the molecule is COc1cc([C@H](N2CCNCC2)C(C)(C)C)c(Br)c(Br)c1O. The lowest BCUT2D eigenvalue weighted by atomic mass is 9.81. The van der Waals surface area contributed by atoms with Crippen LogP contribution < -0.4 is 10.1 Å². The largest absolute Gasteiger partial charge is 0.503 e. The number of hydrogen-bond donors (Lipinski definition) is 2. The van der Waals surface area contributed by atoms with Crippen molar-refractivity contribution in [1.82, 2.24) is 10.2 Å². The highest BCUT2D eigenvalue weighted by molar-refractivity contribution is 9.13. The summed E-state index contributed by atoms with van der Waals surface area (Å²) in [6, 6.07) is 2.18. The summed E-state index contributed by atoms with van der Waals surface area (Å²) in [6.45, 7) is 10.8. The summed E-state index contributed by atoms with van der Waals surface area (Å²) in [5, 5.41) is 13.6. The molecule has 0 saturated carbocycles. The Morgan fingerprint density at radius 3 is 2.32 bits per heavy atom. The second-order valence-electron chi connectivity index (χ2n) is 6.70. The molecule has 0 spiro atoms. The summed E-state index contributed by atoms with van der Waals surface area (Å²) < 4.78 is 6.88. The van der Waals surface area contributed by atoms with Crippen molar-refractivity contribution in [3.8, 4) is 11.5 Å². The van der Waals surface area contributed by atoms with E-state index in [4.69, 9.17) is 4.74 Å². The number of nitrogens with one attached hydrogen (secondary N) is 1. The molecule has 1 aromatic rings. The normalized spacial score (nSPS) is 18.3. The third-order valence-corrected chi connectivity index (χ3v) is 6.18. The number of piperazine rings is 1. The molecular formula is C16H24Br2N2O2. The zero-order chi connectivity index (χ0) is 16.5. The number of phenols is 1. The van der Waals surface area contributed by atoms with Gasteiger partial charge in [0.25, 0.3) is 0 Å². The quantitative estimate of drug-likeness (QED) is 0.755. The van der Waals surface area contributed by atoms with Gasteiger partial charge in [-0.15, -0.1) is 0 Å². The van der Waals surface area contributed by atoms with Gasteiger partial charge in [-0.3, -0.25) is 4.90 Å². The molecule has 1 fully saturated rings. The molecule has 0 amide bonds. The van der Waals surface area contributed by atoms with E-state index in [0.29, 0.717) is 10.2 Å². The summed E-state index contributed by atoms with van der Waals surface area (Å²) in [4.78, 5) is 2.50. The van der Waals surface area contributed by atoms with Gasteiger partial charge in [-0.25, -0.2) is 0 Å². The molecule has 0 unspecified atom stereocenters. The Morgan fingerprint density at radius 2 is 1.82 bits per heavy atom. The van der Waals surface area contributed by atoms with Crippen molar-refractivity contribution >= 4 is 31.9 Å². The first-order chi connectivity index (χ1) is 10.3. The van der Waals surface area contributed by atoms with Crippen molar-refractivity contribution in [2.75, 3.05) is 33.3 Å². The molecule has 1 aromatic carbocycles. The highest BCUT2D eigenvalue weighted by Crippen LogP contribution is 2.48. The number of ether oxygens (including phenoxy) is 1. The van der Waals surface area contributed by atoms with Crippen molar-refractivity contribution in [3.63, 3.8) is 0 Å². The molecule has 124 valence electrons. The van der Waals surface area contributed by atoms with Gasteiger partial charge in [0.2, 0.25) is 0 Å². The monoisotopic (exact) mass is 434 g/mol.